The molecule has 0 saturated carbocycles. The van der Waals surface area contributed by atoms with Gasteiger partial charge < -0.3 is 15.0 Å². The van der Waals surface area contributed by atoms with Crippen LogP contribution in [0.1, 0.15) is 19.4 Å². The van der Waals surface area contributed by atoms with E-state index < -0.39 is 16.1 Å². The summed E-state index contributed by atoms with van der Waals surface area (Å²) < 4.78 is 34.0. The molecule has 1 aliphatic heterocycles. The summed E-state index contributed by atoms with van der Waals surface area (Å²) >= 11 is 0. The minimum absolute atomic E-state index is 0.132. The average molecular weight is 483 g/mol. The van der Waals surface area contributed by atoms with Crippen LogP contribution in [0.3, 0.4) is 0 Å². The van der Waals surface area contributed by atoms with Gasteiger partial charge in [-0.05, 0) is 40.5 Å². The van der Waals surface area contributed by atoms with E-state index in [0.717, 1.165) is 35.2 Å². The second kappa shape index (κ2) is 10.5. The topological polar surface area (TPSA) is 101 Å². The Labute approximate surface area is 200 Å². The number of fused-ring (bicyclic) bond motifs is 1. The van der Waals surface area contributed by atoms with Gasteiger partial charge in [-0.2, -0.15) is 4.72 Å². The quantitative estimate of drug-likeness (QED) is 0.512. The van der Waals surface area contributed by atoms with E-state index in [1.54, 1.807) is 24.4 Å². The number of ether oxygens (including phenoxy) is 1. The summed E-state index contributed by atoms with van der Waals surface area (Å²) in [7, 11) is -3.88. The number of rotatable bonds is 8. The van der Waals surface area contributed by atoms with Crippen molar-refractivity contribution in [1.29, 1.82) is 0 Å². The Morgan fingerprint density at radius 1 is 1.06 bits per heavy atom. The first-order chi connectivity index (χ1) is 16.3. The number of pyridine rings is 1. The number of carbonyl (C=O) groups excluding carboxylic acids is 1. The Kier molecular flexibility index (Phi) is 7.45. The van der Waals surface area contributed by atoms with E-state index in [1.165, 1.54) is 0 Å². The van der Waals surface area contributed by atoms with Crippen molar-refractivity contribution in [1.82, 2.24) is 15.0 Å². The van der Waals surface area contributed by atoms with E-state index in [0.29, 0.717) is 13.2 Å². The van der Waals surface area contributed by atoms with Gasteiger partial charge in [0.1, 0.15) is 11.9 Å². The predicted molar refractivity (Wildman–Crippen MR) is 132 cm³/mol. The van der Waals surface area contributed by atoms with E-state index in [-0.39, 0.29) is 23.3 Å². The molecule has 0 bridgehead atoms. The lowest BCUT2D eigenvalue weighted by Gasteiger charge is -2.27. The van der Waals surface area contributed by atoms with Crippen molar-refractivity contribution in [3.8, 4) is 0 Å². The fourth-order valence-electron chi connectivity index (χ4n) is 3.86. The van der Waals surface area contributed by atoms with Crippen molar-refractivity contribution in [3.63, 3.8) is 0 Å². The molecule has 0 spiro atoms. The highest BCUT2D eigenvalue weighted by atomic mass is 32.2. The number of anilines is 1. The number of sulfonamides is 1. The van der Waals surface area contributed by atoms with Gasteiger partial charge >= 0.3 is 0 Å². The van der Waals surface area contributed by atoms with Gasteiger partial charge in [-0.25, -0.2) is 13.4 Å². The predicted octanol–water partition coefficient (Wildman–Crippen LogP) is 2.69. The molecule has 1 atom stereocenters. The van der Waals surface area contributed by atoms with Crippen molar-refractivity contribution in [2.75, 3.05) is 31.2 Å². The first-order valence-electron chi connectivity index (χ1n) is 11.4. The Balaban J connectivity index is 1.40. The second-order valence-corrected chi connectivity index (χ2v) is 10.4. The lowest BCUT2D eigenvalue weighted by Crippen LogP contribution is -2.49. The second-order valence-electron chi connectivity index (χ2n) is 8.69. The molecule has 2 N–H and O–H groups in total. The van der Waals surface area contributed by atoms with Crippen molar-refractivity contribution in [3.05, 3.63) is 66.4 Å². The minimum atomic E-state index is -3.88. The Morgan fingerprint density at radius 2 is 1.79 bits per heavy atom. The molecule has 34 heavy (non-hydrogen) atoms. The van der Waals surface area contributed by atoms with E-state index >= 15 is 0 Å². The average Bonchev–Trinajstić information content (AvgIpc) is 2.86. The van der Waals surface area contributed by atoms with Gasteiger partial charge in [-0.3, -0.25) is 4.79 Å². The van der Waals surface area contributed by atoms with Crippen molar-refractivity contribution < 1.29 is 17.9 Å². The standard InChI is InChI=1S/C25H30N4O4S/c1-18(2)24(28-34(31,32)22-9-8-20-5-3-4-6-21(20)15-22)25(30)27-17-19-7-10-23(26-16-19)29-11-13-33-14-12-29/h3-10,15-16,18,24,28H,11-14,17H2,1-2H3,(H,27,30). The van der Waals surface area contributed by atoms with Gasteiger partial charge in [0.15, 0.2) is 0 Å². The monoisotopic (exact) mass is 482 g/mol. The van der Waals surface area contributed by atoms with Crippen LogP contribution in [0.5, 0.6) is 0 Å². The van der Waals surface area contributed by atoms with Gasteiger partial charge in [0.2, 0.25) is 15.9 Å². The number of hydrogen-bond donors (Lipinski definition) is 2. The Hall–Kier alpha value is -3.01. The van der Waals surface area contributed by atoms with Crippen LogP contribution in [0, 0.1) is 5.92 Å². The molecule has 1 fully saturated rings. The fraction of sp³-hybridized carbons (Fsp3) is 0.360. The molecule has 1 amide bonds. The highest BCUT2D eigenvalue weighted by Crippen LogP contribution is 2.20. The van der Waals surface area contributed by atoms with E-state index in [4.69, 9.17) is 4.74 Å². The summed E-state index contributed by atoms with van der Waals surface area (Å²) in [4.78, 5) is 19.7. The van der Waals surface area contributed by atoms with Gasteiger partial charge in [0.25, 0.3) is 0 Å². The summed E-state index contributed by atoms with van der Waals surface area (Å²) in [5.74, 6) is 0.259. The lowest BCUT2D eigenvalue weighted by molar-refractivity contribution is -0.123. The molecule has 2 heterocycles. The summed E-state index contributed by atoms with van der Waals surface area (Å²) in [6, 6.07) is 15.4. The Bertz CT molecular complexity index is 1240. The first-order valence-corrected chi connectivity index (χ1v) is 12.9. The molecule has 2 aromatic carbocycles. The molecule has 180 valence electrons. The van der Waals surface area contributed by atoms with Gasteiger partial charge in [-0.1, -0.05) is 50.2 Å². The zero-order valence-corrected chi connectivity index (χ0v) is 20.2. The third-order valence-corrected chi connectivity index (χ3v) is 7.31. The summed E-state index contributed by atoms with van der Waals surface area (Å²) in [6.45, 7) is 6.86. The van der Waals surface area contributed by atoms with Gasteiger partial charge in [0.05, 0.1) is 18.1 Å². The normalized spacial score (nSPS) is 15.4. The summed E-state index contributed by atoms with van der Waals surface area (Å²) in [5.41, 5.74) is 0.838. The molecule has 8 nitrogen and oxygen atoms in total. The molecule has 3 aromatic rings. The van der Waals surface area contributed by atoms with E-state index in [1.807, 2.05) is 50.2 Å². The number of amides is 1. The number of hydrogen-bond acceptors (Lipinski definition) is 6. The number of carbonyl (C=O) groups is 1. The number of morpholine rings is 1. The van der Waals surface area contributed by atoms with Crippen LogP contribution in [0.15, 0.2) is 65.7 Å². The maximum absolute atomic E-state index is 13.0. The number of benzene rings is 2. The number of nitrogens with one attached hydrogen (secondary N) is 2. The van der Waals surface area contributed by atoms with Crippen molar-refractivity contribution in [2.45, 2.75) is 31.3 Å². The van der Waals surface area contributed by atoms with Gasteiger partial charge in [-0.15, -0.1) is 0 Å². The van der Waals surface area contributed by atoms with Crippen LogP contribution < -0.4 is 14.9 Å². The molecule has 1 aliphatic rings. The molecule has 1 saturated heterocycles. The van der Waals surface area contributed by atoms with Crippen LogP contribution in [0.4, 0.5) is 5.82 Å². The van der Waals surface area contributed by atoms with Crippen LogP contribution >= 0.6 is 0 Å². The third-order valence-electron chi connectivity index (χ3n) is 5.87. The van der Waals surface area contributed by atoms with E-state index in [2.05, 4.69) is 19.9 Å². The molecule has 0 aliphatic carbocycles. The van der Waals surface area contributed by atoms with Crippen LogP contribution in [-0.4, -0.2) is 51.7 Å². The lowest BCUT2D eigenvalue weighted by atomic mass is 10.0. The van der Waals surface area contributed by atoms with Crippen LogP contribution in [-0.2, 0) is 26.1 Å². The van der Waals surface area contributed by atoms with E-state index in [9.17, 15) is 13.2 Å². The molecular formula is C25H30N4O4S. The van der Waals surface area contributed by atoms with Crippen LogP contribution in [0.2, 0.25) is 0 Å². The Morgan fingerprint density at radius 3 is 2.47 bits per heavy atom. The molecular weight excluding hydrogens is 452 g/mol. The molecule has 4 rings (SSSR count). The molecule has 1 aromatic heterocycles. The largest absolute Gasteiger partial charge is 0.378 e. The minimum Gasteiger partial charge on any atom is -0.378 e. The molecule has 0 radical (unpaired) electrons. The number of nitrogens with zero attached hydrogens (tertiary/aromatic N) is 2. The zero-order chi connectivity index (χ0) is 24.1. The SMILES string of the molecule is CC(C)C(NS(=O)(=O)c1ccc2ccccc2c1)C(=O)NCc1ccc(N2CCOCC2)nc1. The van der Waals surface area contributed by atoms with Gasteiger partial charge in [0, 0.05) is 25.8 Å². The zero-order valence-electron chi connectivity index (χ0n) is 19.4. The summed E-state index contributed by atoms with van der Waals surface area (Å²) in [5, 5.41) is 4.62. The molecule has 1 unspecified atom stereocenters. The molecule has 9 heteroatoms. The van der Waals surface area contributed by atoms with Crippen LogP contribution in [0.25, 0.3) is 10.8 Å². The highest BCUT2D eigenvalue weighted by molar-refractivity contribution is 7.89. The third kappa shape index (κ3) is 5.72. The smallest absolute Gasteiger partial charge is 0.241 e. The maximum Gasteiger partial charge on any atom is 0.241 e. The fourth-order valence-corrected chi connectivity index (χ4v) is 5.24. The highest BCUT2D eigenvalue weighted by Gasteiger charge is 2.28. The number of aromatic nitrogens is 1. The first kappa shape index (κ1) is 24.1. The maximum atomic E-state index is 13.0. The van der Waals surface area contributed by atoms with Crippen molar-refractivity contribution >= 4 is 32.5 Å². The van der Waals surface area contributed by atoms with Crippen molar-refractivity contribution in [2.24, 2.45) is 5.92 Å². The summed E-state index contributed by atoms with van der Waals surface area (Å²) in [6.07, 6.45) is 1.73.